The van der Waals surface area contributed by atoms with Gasteiger partial charge >= 0.3 is 0 Å². The lowest BCUT2D eigenvalue weighted by molar-refractivity contribution is 0.464. The first kappa shape index (κ1) is 15.1. The van der Waals surface area contributed by atoms with Crippen molar-refractivity contribution in [2.45, 2.75) is 38.3 Å². The van der Waals surface area contributed by atoms with Crippen LogP contribution in [0.1, 0.15) is 26.1 Å². The van der Waals surface area contributed by atoms with Gasteiger partial charge in [0.15, 0.2) is 5.03 Å². The summed E-state index contributed by atoms with van der Waals surface area (Å²) in [6.45, 7) is 6.10. The normalized spacial score (nSPS) is 14.1. The molecule has 0 aliphatic rings. The molecule has 1 heterocycles. The van der Waals surface area contributed by atoms with E-state index >= 15 is 0 Å². The summed E-state index contributed by atoms with van der Waals surface area (Å²) in [6.07, 6.45) is 2.21. The van der Waals surface area contributed by atoms with Crippen LogP contribution in [0.15, 0.2) is 11.2 Å². The van der Waals surface area contributed by atoms with Crippen molar-refractivity contribution in [3.8, 4) is 0 Å². The maximum atomic E-state index is 12.1. The molecule has 0 amide bonds. The van der Waals surface area contributed by atoms with Crippen molar-refractivity contribution in [1.82, 2.24) is 14.3 Å². The highest BCUT2D eigenvalue weighted by Gasteiger charge is 2.22. The molecule has 0 aromatic carbocycles. The number of rotatable bonds is 6. The SMILES string of the molecule is Cc1nc(S(=O)(=O)NC(CN)CC(C)C)cn1C. The molecule has 7 heteroatoms. The fourth-order valence-electron chi connectivity index (χ4n) is 1.70. The molecule has 1 rings (SSSR count). The number of hydrogen-bond donors (Lipinski definition) is 2. The number of nitrogens with two attached hydrogens (primary N) is 1. The van der Waals surface area contributed by atoms with E-state index in [0.29, 0.717) is 18.2 Å². The molecule has 0 fully saturated rings. The Morgan fingerprint density at radius 1 is 1.50 bits per heavy atom. The molecule has 18 heavy (non-hydrogen) atoms. The van der Waals surface area contributed by atoms with E-state index in [0.717, 1.165) is 0 Å². The van der Waals surface area contributed by atoms with Gasteiger partial charge in [0.2, 0.25) is 0 Å². The number of nitrogens with zero attached hydrogens (tertiary/aromatic N) is 2. The van der Waals surface area contributed by atoms with Gasteiger partial charge in [-0.05, 0) is 19.3 Å². The van der Waals surface area contributed by atoms with E-state index in [4.69, 9.17) is 5.73 Å². The maximum absolute atomic E-state index is 12.1. The van der Waals surface area contributed by atoms with Crippen LogP contribution >= 0.6 is 0 Å². The van der Waals surface area contributed by atoms with Gasteiger partial charge in [-0.2, -0.15) is 0 Å². The Morgan fingerprint density at radius 3 is 2.50 bits per heavy atom. The van der Waals surface area contributed by atoms with Crippen molar-refractivity contribution < 1.29 is 8.42 Å². The van der Waals surface area contributed by atoms with E-state index in [9.17, 15) is 8.42 Å². The van der Waals surface area contributed by atoms with Crippen molar-refractivity contribution >= 4 is 10.0 Å². The second kappa shape index (κ2) is 5.81. The molecule has 1 unspecified atom stereocenters. The monoisotopic (exact) mass is 274 g/mol. The van der Waals surface area contributed by atoms with Crippen LogP contribution in [0.3, 0.4) is 0 Å². The van der Waals surface area contributed by atoms with Crippen molar-refractivity contribution in [2.75, 3.05) is 6.54 Å². The molecule has 3 N–H and O–H groups in total. The zero-order chi connectivity index (χ0) is 13.9. The van der Waals surface area contributed by atoms with Gasteiger partial charge < -0.3 is 10.3 Å². The minimum atomic E-state index is -3.58. The third-order valence-electron chi connectivity index (χ3n) is 2.72. The summed E-state index contributed by atoms with van der Waals surface area (Å²) in [4.78, 5) is 4.02. The van der Waals surface area contributed by atoms with E-state index in [-0.39, 0.29) is 17.6 Å². The topological polar surface area (TPSA) is 90.0 Å². The van der Waals surface area contributed by atoms with E-state index < -0.39 is 10.0 Å². The fourth-order valence-corrected chi connectivity index (χ4v) is 3.00. The van der Waals surface area contributed by atoms with Crippen LogP contribution in [-0.2, 0) is 17.1 Å². The smallest absolute Gasteiger partial charge is 0.259 e. The Hall–Kier alpha value is -0.920. The molecule has 0 spiro atoms. The van der Waals surface area contributed by atoms with Gasteiger partial charge in [0.1, 0.15) is 5.82 Å². The zero-order valence-corrected chi connectivity index (χ0v) is 12.2. The molecular formula is C11H22N4O2S. The van der Waals surface area contributed by atoms with E-state index in [1.165, 1.54) is 6.20 Å². The average molecular weight is 274 g/mol. The van der Waals surface area contributed by atoms with E-state index in [1.807, 2.05) is 13.8 Å². The van der Waals surface area contributed by atoms with Gasteiger partial charge in [-0.3, -0.25) is 0 Å². The second-order valence-electron chi connectivity index (χ2n) is 4.92. The molecule has 0 aliphatic heterocycles. The van der Waals surface area contributed by atoms with Gasteiger partial charge in [-0.15, -0.1) is 0 Å². The number of sulfonamides is 1. The highest BCUT2D eigenvalue weighted by atomic mass is 32.2. The standard InChI is InChI=1S/C11H22N4O2S/c1-8(2)5-10(6-12)14-18(16,17)11-7-15(4)9(3)13-11/h7-8,10,14H,5-6,12H2,1-4H3. The van der Waals surface area contributed by atoms with Gasteiger partial charge in [0.05, 0.1) is 0 Å². The van der Waals surface area contributed by atoms with Gasteiger partial charge in [-0.25, -0.2) is 18.1 Å². The lowest BCUT2D eigenvalue weighted by Crippen LogP contribution is -2.41. The quantitative estimate of drug-likeness (QED) is 0.784. The first-order valence-electron chi connectivity index (χ1n) is 5.98. The molecule has 1 aromatic rings. The van der Waals surface area contributed by atoms with Crippen molar-refractivity contribution in [2.24, 2.45) is 18.7 Å². The van der Waals surface area contributed by atoms with Gasteiger partial charge in [-0.1, -0.05) is 13.8 Å². The number of nitrogens with one attached hydrogen (secondary N) is 1. The molecule has 0 bridgehead atoms. The number of hydrogen-bond acceptors (Lipinski definition) is 4. The molecule has 0 saturated carbocycles. The van der Waals surface area contributed by atoms with Crippen LogP contribution in [0, 0.1) is 12.8 Å². The third kappa shape index (κ3) is 3.79. The summed E-state index contributed by atoms with van der Waals surface area (Å²) in [7, 11) is -1.82. The first-order chi connectivity index (χ1) is 8.26. The van der Waals surface area contributed by atoms with Gasteiger partial charge in [0, 0.05) is 25.8 Å². The molecule has 1 aromatic heterocycles. The molecule has 6 nitrogen and oxygen atoms in total. The van der Waals surface area contributed by atoms with Crippen LogP contribution in [0.25, 0.3) is 0 Å². The predicted octanol–water partition coefficient (Wildman–Crippen LogP) is 0.380. The van der Waals surface area contributed by atoms with Crippen LogP contribution in [0.2, 0.25) is 0 Å². The van der Waals surface area contributed by atoms with E-state index in [2.05, 4.69) is 9.71 Å². The average Bonchev–Trinajstić information content (AvgIpc) is 2.58. The maximum Gasteiger partial charge on any atom is 0.259 e. The summed E-state index contributed by atoms with van der Waals surface area (Å²) in [5.74, 6) is 1.04. The number of imidazole rings is 1. The highest BCUT2D eigenvalue weighted by Crippen LogP contribution is 2.11. The molecular weight excluding hydrogens is 252 g/mol. The summed E-state index contributed by atoms with van der Waals surface area (Å²) >= 11 is 0. The van der Waals surface area contributed by atoms with Crippen molar-refractivity contribution in [1.29, 1.82) is 0 Å². The molecule has 0 saturated heterocycles. The minimum absolute atomic E-state index is 0.0460. The first-order valence-corrected chi connectivity index (χ1v) is 7.47. The Labute approximate surface area is 109 Å². The Balaban J connectivity index is 2.87. The van der Waals surface area contributed by atoms with Crippen LogP contribution in [0.5, 0.6) is 0 Å². The lowest BCUT2D eigenvalue weighted by atomic mass is 10.1. The molecule has 1 atom stereocenters. The second-order valence-corrected chi connectivity index (χ2v) is 6.58. The molecule has 0 aliphatic carbocycles. The largest absolute Gasteiger partial charge is 0.337 e. The fraction of sp³-hybridized carbons (Fsp3) is 0.727. The molecule has 104 valence electrons. The molecule has 0 radical (unpaired) electrons. The number of aromatic nitrogens is 2. The predicted molar refractivity (Wildman–Crippen MR) is 70.6 cm³/mol. The Bertz CT molecular complexity index is 474. The Morgan fingerprint density at radius 2 is 2.11 bits per heavy atom. The minimum Gasteiger partial charge on any atom is -0.337 e. The number of aryl methyl sites for hydroxylation is 2. The van der Waals surface area contributed by atoms with Crippen molar-refractivity contribution in [3.05, 3.63) is 12.0 Å². The highest BCUT2D eigenvalue weighted by molar-refractivity contribution is 7.89. The van der Waals surface area contributed by atoms with Crippen LogP contribution < -0.4 is 10.5 Å². The van der Waals surface area contributed by atoms with Crippen molar-refractivity contribution in [3.63, 3.8) is 0 Å². The zero-order valence-electron chi connectivity index (χ0n) is 11.3. The van der Waals surface area contributed by atoms with Crippen LogP contribution in [0.4, 0.5) is 0 Å². The lowest BCUT2D eigenvalue weighted by Gasteiger charge is -2.17. The summed E-state index contributed by atoms with van der Waals surface area (Å²) in [6, 6.07) is -0.252. The van der Waals surface area contributed by atoms with Gasteiger partial charge in [0.25, 0.3) is 10.0 Å². The third-order valence-corrected chi connectivity index (χ3v) is 4.12. The summed E-state index contributed by atoms with van der Waals surface area (Å²) < 4.78 is 28.5. The summed E-state index contributed by atoms with van der Waals surface area (Å²) in [5, 5.41) is 0.0460. The van der Waals surface area contributed by atoms with E-state index in [1.54, 1.807) is 18.5 Å². The Kier molecular flexibility index (Phi) is 4.89. The summed E-state index contributed by atoms with van der Waals surface area (Å²) in [5.41, 5.74) is 5.59. The van der Waals surface area contributed by atoms with Crippen LogP contribution in [-0.4, -0.2) is 30.6 Å².